The number of hydrogen-bond donors (Lipinski definition) is 1. The number of rotatable bonds is 5. The molecule has 0 unspecified atom stereocenters. The zero-order valence-corrected chi connectivity index (χ0v) is 12.2. The molecule has 0 aromatic heterocycles. The van der Waals surface area contributed by atoms with E-state index in [0.717, 1.165) is 6.08 Å². The van der Waals surface area contributed by atoms with Crippen LogP contribution in [0.3, 0.4) is 0 Å². The summed E-state index contributed by atoms with van der Waals surface area (Å²) in [6, 6.07) is 4.99. The number of anilines is 1. The molecule has 0 heterocycles. The van der Waals surface area contributed by atoms with E-state index in [0.29, 0.717) is 15.7 Å². The zero-order valence-electron chi connectivity index (χ0n) is 10.6. The van der Waals surface area contributed by atoms with Crippen molar-refractivity contribution in [3.8, 4) is 0 Å². The van der Waals surface area contributed by atoms with E-state index in [1.165, 1.54) is 18.0 Å². The summed E-state index contributed by atoms with van der Waals surface area (Å²) in [4.78, 5) is 12.0. The Balaban J connectivity index is 2.96. The summed E-state index contributed by atoms with van der Waals surface area (Å²) in [5, 5.41) is 8.61. The number of hydrogen-bond acceptors (Lipinski definition) is 2. The largest absolute Gasteiger partial charge is 0.478 e. The first-order chi connectivity index (χ1) is 9.19. The van der Waals surface area contributed by atoms with Crippen molar-refractivity contribution in [3.05, 3.63) is 34.3 Å². The minimum absolute atomic E-state index is 0.201. The van der Waals surface area contributed by atoms with Crippen LogP contribution in [0.5, 0.6) is 0 Å². The Kier molecular flexibility index (Phi) is 5.62. The van der Waals surface area contributed by atoms with Crippen LogP contribution in [0, 0.1) is 0 Å². The van der Waals surface area contributed by atoms with Crippen molar-refractivity contribution in [2.24, 2.45) is 0 Å². The summed E-state index contributed by atoms with van der Waals surface area (Å²) in [5.74, 6) is -1.11. The molecule has 0 aliphatic carbocycles. The van der Waals surface area contributed by atoms with E-state index in [2.05, 4.69) is 15.9 Å². The summed E-state index contributed by atoms with van der Waals surface area (Å²) in [7, 11) is 1.53. The van der Waals surface area contributed by atoms with Crippen LogP contribution >= 0.6 is 15.9 Å². The van der Waals surface area contributed by atoms with Crippen molar-refractivity contribution < 1.29 is 23.1 Å². The van der Waals surface area contributed by atoms with Gasteiger partial charge in [-0.05, 0) is 23.8 Å². The fourth-order valence-electron chi connectivity index (χ4n) is 1.56. The maximum absolute atomic E-state index is 12.2. The van der Waals surface area contributed by atoms with E-state index in [1.54, 1.807) is 18.2 Å². The summed E-state index contributed by atoms with van der Waals surface area (Å²) >= 11 is 3.25. The van der Waals surface area contributed by atoms with Crippen LogP contribution in [0.2, 0.25) is 0 Å². The molecule has 3 nitrogen and oxygen atoms in total. The van der Waals surface area contributed by atoms with Crippen LogP contribution in [0.4, 0.5) is 18.9 Å². The Morgan fingerprint density at radius 1 is 1.45 bits per heavy atom. The smallest absolute Gasteiger partial charge is 0.390 e. The molecule has 0 spiro atoms. The highest BCUT2D eigenvalue weighted by Gasteiger charge is 2.27. The van der Waals surface area contributed by atoms with E-state index < -0.39 is 18.6 Å². The highest BCUT2D eigenvalue weighted by molar-refractivity contribution is 9.10. The van der Waals surface area contributed by atoms with Crippen molar-refractivity contribution in [3.63, 3.8) is 0 Å². The van der Waals surface area contributed by atoms with Gasteiger partial charge in [-0.2, -0.15) is 13.2 Å². The maximum atomic E-state index is 12.2. The molecule has 0 saturated carbocycles. The summed E-state index contributed by atoms with van der Waals surface area (Å²) in [6.45, 7) is -0.201. The first kappa shape index (κ1) is 16.6. The highest BCUT2D eigenvalue weighted by atomic mass is 79.9. The first-order valence-electron chi connectivity index (χ1n) is 5.67. The Morgan fingerprint density at radius 3 is 2.65 bits per heavy atom. The number of aliphatic carboxylic acids is 1. The lowest BCUT2D eigenvalue weighted by Gasteiger charge is -2.22. The number of nitrogens with zero attached hydrogens (tertiary/aromatic N) is 1. The van der Waals surface area contributed by atoms with Gasteiger partial charge in [-0.1, -0.05) is 22.0 Å². The average molecular weight is 352 g/mol. The third kappa shape index (κ3) is 5.64. The zero-order chi connectivity index (χ0) is 15.3. The van der Waals surface area contributed by atoms with Gasteiger partial charge in [0.25, 0.3) is 0 Å². The third-order valence-electron chi connectivity index (χ3n) is 2.54. The fraction of sp³-hybridized carbons (Fsp3) is 0.308. The Hall–Kier alpha value is -1.50. The SMILES string of the molecule is CN(CCC(F)(F)F)c1cc(Br)ccc1C=CC(=O)O. The summed E-state index contributed by atoms with van der Waals surface area (Å²) in [6.07, 6.45) is -2.85. The molecule has 110 valence electrons. The topological polar surface area (TPSA) is 40.5 Å². The molecule has 0 saturated heterocycles. The van der Waals surface area contributed by atoms with E-state index in [4.69, 9.17) is 5.11 Å². The second-order valence-corrected chi connectivity index (χ2v) is 5.08. The molecule has 0 aliphatic rings. The lowest BCUT2D eigenvalue weighted by Crippen LogP contribution is -2.24. The van der Waals surface area contributed by atoms with Crippen molar-refractivity contribution >= 4 is 33.7 Å². The molecule has 0 radical (unpaired) electrons. The van der Waals surface area contributed by atoms with Gasteiger partial charge in [-0.25, -0.2) is 4.79 Å². The van der Waals surface area contributed by atoms with Gasteiger partial charge in [0, 0.05) is 29.8 Å². The van der Waals surface area contributed by atoms with Crippen molar-refractivity contribution in [2.45, 2.75) is 12.6 Å². The van der Waals surface area contributed by atoms with Crippen LogP contribution in [0.1, 0.15) is 12.0 Å². The molecular formula is C13H13BrF3NO2. The predicted octanol–water partition coefficient (Wildman–Crippen LogP) is 3.94. The molecule has 7 heteroatoms. The van der Waals surface area contributed by atoms with Crippen LogP contribution < -0.4 is 4.90 Å². The number of halogens is 4. The number of alkyl halides is 3. The van der Waals surface area contributed by atoms with E-state index >= 15 is 0 Å². The Labute approximate surface area is 122 Å². The molecule has 0 fully saturated rings. The third-order valence-corrected chi connectivity index (χ3v) is 3.03. The van der Waals surface area contributed by atoms with Crippen LogP contribution in [-0.4, -0.2) is 30.8 Å². The van der Waals surface area contributed by atoms with Crippen molar-refractivity contribution in [2.75, 3.05) is 18.5 Å². The van der Waals surface area contributed by atoms with Gasteiger partial charge in [0.2, 0.25) is 0 Å². The van der Waals surface area contributed by atoms with E-state index in [9.17, 15) is 18.0 Å². The van der Waals surface area contributed by atoms with Crippen LogP contribution in [-0.2, 0) is 4.79 Å². The van der Waals surface area contributed by atoms with Gasteiger partial charge in [-0.15, -0.1) is 0 Å². The number of carboxylic acids is 1. The maximum Gasteiger partial charge on any atom is 0.390 e. The monoisotopic (exact) mass is 351 g/mol. The molecule has 0 atom stereocenters. The first-order valence-corrected chi connectivity index (χ1v) is 6.47. The molecule has 0 amide bonds. The lowest BCUT2D eigenvalue weighted by atomic mass is 10.1. The average Bonchev–Trinajstić information content (AvgIpc) is 2.33. The van der Waals surface area contributed by atoms with Gasteiger partial charge in [-0.3, -0.25) is 0 Å². The molecule has 0 aliphatic heterocycles. The van der Waals surface area contributed by atoms with Crippen molar-refractivity contribution in [1.82, 2.24) is 0 Å². The second-order valence-electron chi connectivity index (χ2n) is 4.16. The summed E-state index contributed by atoms with van der Waals surface area (Å²) in [5.41, 5.74) is 1.07. The van der Waals surface area contributed by atoms with E-state index in [1.807, 2.05) is 0 Å². The van der Waals surface area contributed by atoms with Gasteiger partial charge in [0.05, 0.1) is 6.42 Å². The lowest BCUT2D eigenvalue weighted by molar-refractivity contribution is -0.132. The van der Waals surface area contributed by atoms with Gasteiger partial charge < -0.3 is 10.0 Å². The standard InChI is InChI=1S/C13H13BrF3NO2/c1-18(7-6-13(15,16)17)11-8-10(14)4-2-9(11)3-5-12(19)20/h2-5,8H,6-7H2,1H3,(H,19,20). The molecule has 0 bridgehead atoms. The molecule has 20 heavy (non-hydrogen) atoms. The molecule has 1 N–H and O–H groups in total. The van der Waals surface area contributed by atoms with Crippen LogP contribution in [0.15, 0.2) is 28.7 Å². The second kappa shape index (κ2) is 6.78. The van der Waals surface area contributed by atoms with Crippen molar-refractivity contribution in [1.29, 1.82) is 0 Å². The van der Waals surface area contributed by atoms with Gasteiger partial charge in [0.1, 0.15) is 0 Å². The normalized spacial score (nSPS) is 11.8. The number of benzene rings is 1. The minimum atomic E-state index is -4.22. The molecular weight excluding hydrogens is 339 g/mol. The van der Waals surface area contributed by atoms with Gasteiger partial charge in [0.15, 0.2) is 0 Å². The summed E-state index contributed by atoms with van der Waals surface area (Å²) < 4.78 is 37.4. The molecule has 1 aromatic carbocycles. The van der Waals surface area contributed by atoms with Gasteiger partial charge >= 0.3 is 12.1 Å². The molecule has 1 rings (SSSR count). The Morgan fingerprint density at radius 2 is 2.10 bits per heavy atom. The minimum Gasteiger partial charge on any atom is -0.478 e. The van der Waals surface area contributed by atoms with E-state index in [-0.39, 0.29) is 6.54 Å². The number of carboxylic acid groups (broad SMARTS) is 1. The fourth-order valence-corrected chi connectivity index (χ4v) is 1.91. The quantitative estimate of drug-likeness (QED) is 0.817. The Bertz CT molecular complexity index is 515. The number of carbonyl (C=O) groups is 1. The molecule has 1 aromatic rings. The predicted molar refractivity (Wildman–Crippen MR) is 74.8 cm³/mol. The highest BCUT2D eigenvalue weighted by Crippen LogP contribution is 2.27. The van der Waals surface area contributed by atoms with Crippen LogP contribution in [0.25, 0.3) is 6.08 Å².